The fraction of sp³-hybridized carbons (Fsp3) is 0.211. The Hall–Kier alpha value is -2.16. The second-order valence-corrected chi connectivity index (χ2v) is 9.32. The molecule has 2 aromatic carbocycles. The number of rotatable bonds is 5. The van der Waals surface area contributed by atoms with Gasteiger partial charge in [-0.3, -0.25) is 4.79 Å². The summed E-state index contributed by atoms with van der Waals surface area (Å²) in [6.45, 7) is 1.81. The summed E-state index contributed by atoms with van der Waals surface area (Å²) in [5.74, 6) is 0.225. The molecule has 0 spiro atoms. The Bertz CT molecular complexity index is 1070. The molecule has 1 atom stereocenters. The van der Waals surface area contributed by atoms with Gasteiger partial charge in [0.15, 0.2) is 0 Å². The smallest absolute Gasteiger partial charge is 0.253 e. The average molecular weight is 451 g/mol. The van der Waals surface area contributed by atoms with Crippen molar-refractivity contribution in [3.05, 3.63) is 64.3 Å². The Labute approximate surface area is 166 Å². The molecule has 0 radical (unpaired) electrons. The summed E-state index contributed by atoms with van der Waals surface area (Å²) < 4.78 is 32.0. The van der Waals surface area contributed by atoms with Crippen LogP contribution in [0.2, 0.25) is 0 Å². The zero-order chi connectivity index (χ0) is 19.8. The van der Waals surface area contributed by atoms with Crippen LogP contribution >= 0.6 is 15.9 Å². The molecule has 0 saturated carbocycles. The van der Waals surface area contributed by atoms with Crippen LogP contribution in [0.5, 0.6) is 0 Å². The molecule has 8 heteroatoms. The van der Waals surface area contributed by atoms with Crippen LogP contribution < -0.4 is 5.32 Å². The highest BCUT2D eigenvalue weighted by Gasteiger charge is 2.22. The Balaban J connectivity index is 1.87. The van der Waals surface area contributed by atoms with Crippen LogP contribution in [-0.2, 0) is 10.0 Å². The van der Waals surface area contributed by atoms with Gasteiger partial charge in [-0.05, 0) is 53.2 Å². The number of benzene rings is 2. The van der Waals surface area contributed by atoms with Crippen LogP contribution in [0.25, 0.3) is 11.0 Å². The molecular formula is C19H19BrN2O4S. The minimum atomic E-state index is -3.63. The number of carbonyl (C=O) groups excluding carboxylic acids is 1. The normalized spacial score (nSPS) is 13.1. The number of hydrogen-bond donors (Lipinski definition) is 1. The number of nitrogens with one attached hydrogen (secondary N) is 1. The number of para-hydroxylation sites is 1. The summed E-state index contributed by atoms with van der Waals surface area (Å²) in [6, 6.07) is 13.5. The van der Waals surface area contributed by atoms with Gasteiger partial charge in [0, 0.05) is 24.0 Å². The van der Waals surface area contributed by atoms with E-state index in [9.17, 15) is 13.2 Å². The predicted molar refractivity (Wildman–Crippen MR) is 107 cm³/mol. The van der Waals surface area contributed by atoms with Gasteiger partial charge in [0.1, 0.15) is 11.3 Å². The monoisotopic (exact) mass is 450 g/mol. The lowest BCUT2D eigenvalue weighted by Gasteiger charge is -2.15. The number of halogens is 1. The van der Waals surface area contributed by atoms with Crippen LogP contribution in [0.3, 0.4) is 0 Å². The first-order chi connectivity index (χ1) is 12.7. The highest BCUT2D eigenvalue weighted by molar-refractivity contribution is 9.10. The molecule has 27 heavy (non-hydrogen) atoms. The zero-order valence-electron chi connectivity index (χ0n) is 15.1. The number of sulfonamides is 1. The molecule has 3 aromatic rings. The number of amides is 1. The number of furan rings is 1. The molecule has 142 valence electrons. The van der Waals surface area contributed by atoms with E-state index in [1.807, 2.05) is 37.3 Å². The predicted octanol–water partition coefficient (Wildman–Crippen LogP) is 3.94. The Morgan fingerprint density at radius 3 is 2.52 bits per heavy atom. The number of nitrogens with zero attached hydrogens (tertiary/aromatic N) is 1. The maximum atomic E-state index is 12.7. The van der Waals surface area contributed by atoms with E-state index in [0.29, 0.717) is 10.2 Å². The third-order valence-corrected chi connectivity index (χ3v) is 6.68. The van der Waals surface area contributed by atoms with Gasteiger partial charge in [0.25, 0.3) is 5.91 Å². The van der Waals surface area contributed by atoms with Crippen molar-refractivity contribution in [1.82, 2.24) is 9.62 Å². The minimum absolute atomic E-state index is 0.0530. The Morgan fingerprint density at radius 1 is 1.15 bits per heavy atom. The lowest BCUT2D eigenvalue weighted by atomic mass is 10.1. The van der Waals surface area contributed by atoms with Crippen molar-refractivity contribution < 1.29 is 17.6 Å². The third kappa shape index (κ3) is 3.92. The first-order valence-electron chi connectivity index (χ1n) is 8.21. The maximum Gasteiger partial charge on any atom is 0.253 e. The van der Waals surface area contributed by atoms with Crippen molar-refractivity contribution in [3.8, 4) is 0 Å². The fourth-order valence-corrected chi connectivity index (χ4v) is 3.97. The van der Waals surface area contributed by atoms with Crippen LogP contribution in [0.4, 0.5) is 0 Å². The molecule has 6 nitrogen and oxygen atoms in total. The zero-order valence-corrected chi connectivity index (χ0v) is 17.5. The molecule has 0 aliphatic carbocycles. The van der Waals surface area contributed by atoms with Gasteiger partial charge in [-0.25, -0.2) is 12.7 Å². The van der Waals surface area contributed by atoms with Gasteiger partial charge < -0.3 is 9.73 Å². The topological polar surface area (TPSA) is 79.6 Å². The van der Waals surface area contributed by atoms with E-state index >= 15 is 0 Å². The van der Waals surface area contributed by atoms with E-state index in [4.69, 9.17) is 4.42 Å². The quantitative estimate of drug-likeness (QED) is 0.638. The number of fused-ring (bicyclic) bond motifs is 1. The first-order valence-corrected chi connectivity index (χ1v) is 10.4. The van der Waals surface area contributed by atoms with Crippen molar-refractivity contribution in [2.75, 3.05) is 14.1 Å². The Morgan fingerprint density at radius 2 is 1.85 bits per heavy atom. The van der Waals surface area contributed by atoms with E-state index in [2.05, 4.69) is 21.2 Å². The molecule has 0 aliphatic heterocycles. The number of carbonyl (C=O) groups is 1. The van der Waals surface area contributed by atoms with Crippen molar-refractivity contribution in [3.63, 3.8) is 0 Å². The average Bonchev–Trinajstić information content (AvgIpc) is 3.06. The standard InChI is InChI=1S/C19H19BrN2O4S/c1-12(18-10-13-6-4-5-7-17(13)26-18)21-19(23)15-11-14(8-9-16(15)20)27(24,25)22(2)3/h4-12H,1-3H3,(H,21,23). The molecule has 0 saturated heterocycles. The van der Waals surface area contributed by atoms with Crippen LogP contribution in [0.15, 0.2) is 62.3 Å². The summed E-state index contributed by atoms with van der Waals surface area (Å²) >= 11 is 3.32. The van der Waals surface area contributed by atoms with Gasteiger partial charge >= 0.3 is 0 Å². The third-order valence-electron chi connectivity index (χ3n) is 4.18. The lowest BCUT2D eigenvalue weighted by Crippen LogP contribution is -2.27. The van der Waals surface area contributed by atoms with E-state index < -0.39 is 15.9 Å². The molecule has 1 aromatic heterocycles. The second kappa shape index (κ2) is 7.46. The summed E-state index contributed by atoms with van der Waals surface area (Å²) in [6.07, 6.45) is 0. The summed E-state index contributed by atoms with van der Waals surface area (Å²) in [5, 5.41) is 3.80. The van der Waals surface area contributed by atoms with Crippen LogP contribution in [0.1, 0.15) is 29.1 Å². The van der Waals surface area contributed by atoms with E-state index in [1.165, 1.54) is 26.2 Å². The second-order valence-electron chi connectivity index (χ2n) is 6.31. The molecule has 0 fully saturated rings. The van der Waals surface area contributed by atoms with Crippen molar-refractivity contribution >= 4 is 42.8 Å². The maximum absolute atomic E-state index is 12.7. The lowest BCUT2D eigenvalue weighted by molar-refractivity contribution is 0.0934. The fourth-order valence-electron chi connectivity index (χ4n) is 2.61. The molecular weight excluding hydrogens is 432 g/mol. The molecule has 0 aliphatic rings. The molecule has 1 amide bonds. The van der Waals surface area contributed by atoms with Crippen molar-refractivity contribution in [2.45, 2.75) is 17.9 Å². The van der Waals surface area contributed by atoms with E-state index in [1.54, 1.807) is 6.07 Å². The number of hydrogen-bond acceptors (Lipinski definition) is 4. The van der Waals surface area contributed by atoms with Crippen LogP contribution in [-0.4, -0.2) is 32.7 Å². The van der Waals surface area contributed by atoms with Crippen molar-refractivity contribution in [2.24, 2.45) is 0 Å². The molecule has 0 bridgehead atoms. The highest BCUT2D eigenvalue weighted by atomic mass is 79.9. The minimum Gasteiger partial charge on any atom is -0.459 e. The highest BCUT2D eigenvalue weighted by Crippen LogP contribution is 2.26. The van der Waals surface area contributed by atoms with Gasteiger partial charge in [0.2, 0.25) is 10.0 Å². The van der Waals surface area contributed by atoms with Gasteiger partial charge in [-0.2, -0.15) is 0 Å². The van der Waals surface area contributed by atoms with Gasteiger partial charge in [-0.1, -0.05) is 18.2 Å². The molecule has 1 N–H and O–H groups in total. The van der Waals surface area contributed by atoms with Crippen molar-refractivity contribution in [1.29, 1.82) is 0 Å². The molecule has 3 rings (SSSR count). The largest absolute Gasteiger partial charge is 0.459 e. The summed E-state index contributed by atoms with van der Waals surface area (Å²) in [7, 11) is -0.743. The van der Waals surface area contributed by atoms with Crippen LogP contribution in [0, 0.1) is 0 Å². The van der Waals surface area contributed by atoms with E-state index in [0.717, 1.165) is 15.3 Å². The van der Waals surface area contributed by atoms with Gasteiger partial charge in [-0.15, -0.1) is 0 Å². The molecule has 1 heterocycles. The summed E-state index contributed by atoms with van der Waals surface area (Å²) in [4.78, 5) is 12.8. The van der Waals surface area contributed by atoms with Gasteiger partial charge in [0.05, 0.1) is 16.5 Å². The Kier molecular flexibility index (Phi) is 5.41. The first kappa shape index (κ1) is 19.6. The van der Waals surface area contributed by atoms with E-state index in [-0.39, 0.29) is 16.5 Å². The summed E-state index contributed by atoms with van der Waals surface area (Å²) in [5.41, 5.74) is 0.981. The SMILES string of the molecule is CC(NC(=O)c1cc(S(=O)(=O)N(C)C)ccc1Br)c1cc2ccccc2o1. The molecule has 1 unspecified atom stereocenters.